The number of rotatable bonds is 2. The smallest absolute Gasteiger partial charge is 0.0978 e. The molecule has 0 bridgehead atoms. The summed E-state index contributed by atoms with van der Waals surface area (Å²) >= 11 is 10.2. The average molecular weight is 242 g/mol. The Labute approximate surface area is 76.8 Å². The Hall–Kier alpha value is 0.430. The zero-order valence-corrected chi connectivity index (χ0v) is 8.21. The summed E-state index contributed by atoms with van der Waals surface area (Å²) in [5, 5.41) is 9.81. The van der Waals surface area contributed by atoms with Crippen LogP contribution in [-0.4, -0.2) is 10.4 Å². The minimum atomic E-state index is -0.419. The highest BCUT2D eigenvalue weighted by molar-refractivity contribution is 9.09. The second-order valence-corrected chi connectivity index (χ2v) is 4.21. The van der Waals surface area contributed by atoms with Gasteiger partial charge in [0.05, 0.1) is 10.4 Å². The number of aliphatic hydroxyl groups excluding tert-OH is 1. The monoisotopic (exact) mass is 240 g/mol. The SMILES string of the molecule is O[C@H](CBr)c1ccc(Cl)s1. The molecule has 0 amide bonds. The Balaban J connectivity index is 2.74. The van der Waals surface area contributed by atoms with E-state index in [1.807, 2.05) is 6.07 Å². The van der Waals surface area contributed by atoms with Gasteiger partial charge in [-0.3, -0.25) is 0 Å². The molecule has 0 aliphatic heterocycles. The fourth-order valence-electron chi connectivity index (χ4n) is 0.583. The zero-order valence-electron chi connectivity index (χ0n) is 5.05. The number of hydrogen-bond acceptors (Lipinski definition) is 2. The lowest BCUT2D eigenvalue weighted by molar-refractivity contribution is 0.209. The van der Waals surface area contributed by atoms with Crippen LogP contribution < -0.4 is 0 Å². The van der Waals surface area contributed by atoms with E-state index < -0.39 is 6.10 Å². The molecule has 0 saturated carbocycles. The van der Waals surface area contributed by atoms with Crippen molar-refractivity contribution >= 4 is 38.9 Å². The summed E-state index contributed by atoms with van der Waals surface area (Å²) in [6.07, 6.45) is -0.419. The van der Waals surface area contributed by atoms with Crippen LogP contribution in [0.4, 0.5) is 0 Å². The highest BCUT2D eigenvalue weighted by Gasteiger charge is 2.06. The molecule has 0 spiro atoms. The van der Waals surface area contributed by atoms with Gasteiger partial charge in [0.25, 0.3) is 0 Å². The number of hydrogen-bond donors (Lipinski definition) is 1. The third-order valence-corrected chi connectivity index (χ3v) is 3.01. The third kappa shape index (κ3) is 1.95. The van der Waals surface area contributed by atoms with Gasteiger partial charge in [-0.05, 0) is 12.1 Å². The van der Waals surface area contributed by atoms with Crippen molar-refractivity contribution in [3.63, 3.8) is 0 Å². The van der Waals surface area contributed by atoms with E-state index >= 15 is 0 Å². The van der Waals surface area contributed by atoms with E-state index in [9.17, 15) is 5.11 Å². The van der Waals surface area contributed by atoms with Gasteiger partial charge in [-0.1, -0.05) is 27.5 Å². The Bertz CT molecular complexity index is 213. The Kier molecular flexibility index (Phi) is 3.17. The van der Waals surface area contributed by atoms with Crippen LogP contribution in [0.2, 0.25) is 4.34 Å². The standard InChI is InChI=1S/C6H6BrClOS/c7-3-4(9)5-1-2-6(8)10-5/h1-2,4,9H,3H2/t4-/m1/s1. The average Bonchev–Trinajstić information content (AvgIpc) is 2.34. The van der Waals surface area contributed by atoms with E-state index in [-0.39, 0.29) is 0 Å². The number of halogens is 2. The third-order valence-electron chi connectivity index (χ3n) is 1.07. The van der Waals surface area contributed by atoms with E-state index in [4.69, 9.17) is 11.6 Å². The van der Waals surface area contributed by atoms with Crippen LogP contribution in [-0.2, 0) is 0 Å². The summed E-state index contributed by atoms with van der Waals surface area (Å²) in [5.41, 5.74) is 0. The first-order valence-corrected chi connectivity index (χ1v) is 5.05. The molecule has 56 valence electrons. The lowest BCUT2D eigenvalue weighted by atomic mass is 10.3. The topological polar surface area (TPSA) is 20.2 Å². The first-order chi connectivity index (χ1) is 4.74. The highest BCUT2D eigenvalue weighted by atomic mass is 79.9. The van der Waals surface area contributed by atoms with Gasteiger partial charge in [0.15, 0.2) is 0 Å². The largest absolute Gasteiger partial charge is 0.387 e. The fraction of sp³-hybridized carbons (Fsp3) is 0.333. The molecule has 0 fully saturated rings. The molecule has 0 unspecified atom stereocenters. The van der Waals surface area contributed by atoms with Crippen LogP contribution in [0.15, 0.2) is 12.1 Å². The van der Waals surface area contributed by atoms with Crippen molar-refractivity contribution in [3.05, 3.63) is 21.3 Å². The summed E-state index contributed by atoms with van der Waals surface area (Å²) in [6, 6.07) is 3.62. The molecule has 1 aromatic rings. The van der Waals surface area contributed by atoms with Gasteiger partial charge >= 0.3 is 0 Å². The summed E-state index contributed by atoms with van der Waals surface area (Å²) < 4.78 is 0.718. The van der Waals surface area contributed by atoms with E-state index in [1.165, 1.54) is 11.3 Å². The molecular formula is C6H6BrClOS. The minimum Gasteiger partial charge on any atom is -0.387 e. The van der Waals surface area contributed by atoms with Crippen LogP contribution in [0.25, 0.3) is 0 Å². The van der Waals surface area contributed by atoms with Crippen molar-refractivity contribution in [1.29, 1.82) is 0 Å². The molecule has 1 rings (SSSR count). The molecule has 0 aliphatic rings. The molecule has 4 heteroatoms. The van der Waals surface area contributed by atoms with Gasteiger partial charge < -0.3 is 5.11 Å². The normalized spacial score (nSPS) is 13.5. The van der Waals surface area contributed by atoms with Crippen molar-refractivity contribution in [1.82, 2.24) is 0 Å². The van der Waals surface area contributed by atoms with Gasteiger partial charge in [-0.2, -0.15) is 0 Å². The van der Waals surface area contributed by atoms with E-state index in [0.717, 1.165) is 9.21 Å². The molecule has 0 saturated heterocycles. The number of thiophene rings is 1. The van der Waals surface area contributed by atoms with Crippen molar-refractivity contribution < 1.29 is 5.11 Å². The van der Waals surface area contributed by atoms with Crippen LogP contribution >= 0.6 is 38.9 Å². The molecule has 10 heavy (non-hydrogen) atoms. The molecule has 0 aliphatic carbocycles. The maximum absolute atomic E-state index is 9.25. The first-order valence-electron chi connectivity index (χ1n) is 2.73. The van der Waals surface area contributed by atoms with Crippen molar-refractivity contribution in [2.45, 2.75) is 6.10 Å². The molecule has 0 aromatic carbocycles. The second kappa shape index (κ2) is 3.72. The predicted octanol–water partition coefficient (Wildman–Crippen LogP) is 2.83. The van der Waals surface area contributed by atoms with Gasteiger partial charge in [0.2, 0.25) is 0 Å². The lowest BCUT2D eigenvalue weighted by Gasteiger charge is -2.00. The van der Waals surface area contributed by atoms with Gasteiger partial charge in [0.1, 0.15) is 0 Å². The molecule has 1 heterocycles. The van der Waals surface area contributed by atoms with Crippen LogP contribution in [0.5, 0.6) is 0 Å². The van der Waals surface area contributed by atoms with E-state index in [0.29, 0.717) is 5.33 Å². The second-order valence-electron chi connectivity index (χ2n) is 1.81. The van der Waals surface area contributed by atoms with Crippen molar-refractivity contribution in [2.75, 3.05) is 5.33 Å². The van der Waals surface area contributed by atoms with E-state index in [2.05, 4.69) is 15.9 Å². The lowest BCUT2D eigenvalue weighted by Crippen LogP contribution is -1.93. The molecule has 1 aromatic heterocycles. The van der Waals surface area contributed by atoms with Crippen molar-refractivity contribution in [3.8, 4) is 0 Å². The Morgan fingerprint density at radius 3 is 2.80 bits per heavy atom. The highest BCUT2D eigenvalue weighted by Crippen LogP contribution is 2.27. The number of alkyl halides is 1. The van der Waals surface area contributed by atoms with Gasteiger partial charge in [-0.15, -0.1) is 11.3 Å². The zero-order chi connectivity index (χ0) is 7.56. The van der Waals surface area contributed by atoms with Gasteiger partial charge in [0, 0.05) is 10.2 Å². The Morgan fingerprint density at radius 2 is 2.40 bits per heavy atom. The van der Waals surface area contributed by atoms with Gasteiger partial charge in [-0.25, -0.2) is 0 Å². The van der Waals surface area contributed by atoms with Crippen LogP contribution in [0.3, 0.4) is 0 Å². The molecule has 0 radical (unpaired) electrons. The van der Waals surface area contributed by atoms with Crippen LogP contribution in [0.1, 0.15) is 11.0 Å². The minimum absolute atomic E-state index is 0.419. The quantitative estimate of drug-likeness (QED) is 0.790. The molecular weight excluding hydrogens is 235 g/mol. The maximum atomic E-state index is 9.25. The summed E-state index contributed by atoms with van der Waals surface area (Å²) in [6.45, 7) is 0. The molecule has 1 atom stereocenters. The molecule has 1 nitrogen and oxygen atoms in total. The van der Waals surface area contributed by atoms with Crippen molar-refractivity contribution in [2.24, 2.45) is 0 Å². The van der Waals surface area contributed by atoms with E-state index in [1.54, 1.807) is 6.07 Å². The fourth-order valence-corrected chi connectivity index (χ4v) is 2.19. The van der Waals surface area contributed by atoms with Crippen LogP contribution in [0, 0.1) is 0 Å². The summed E-state index contributed by atoms with van der Waals surface area (Å²) in [4.78, 5) is 0.905. The number of aliphatic hydroxyl groups is 1. The predicted molar refractivity (Wildman–Crippen MR) is 48.1 cm³/mol. The summed E-state index contributed by atoms with van der Waals surface area (Å²) in [5.74, 6) is 0. The summed E-state index contributed by atoms with van der Waals surface area (Å²) in [7, 11) is 0. The molecule has 1 N–H and O–H groups in total. The first kappa shape index (κ1) is 8.53. The Morgan fingerprint density at radius 1 is 1.70 bits per heavy atom. The maximum Gasteiger partial charge on any atom is 0.0978 e.